The topological polar surface area (TPSA) is 134 Å². The quantitative estimate of drug-likeness (QED) is 0.330. The van der Waals surface area contributed by atoms with Crippen molar-refractivity contribution in [2.75, 3.05) is 33.7 Å². The smallest absolute Gasteiger partial charge is 0.271 e. The Balaban J connectivity index is 2.26. The van der Waals surface area contributed by atoms with Crippen LogP contribution < -0.4 is 14.8 Å². The summed E-state index contributed by atoms with van der Waals surface area (Å²) >= 11 is 0. The molecule has 1 atom stereocenters. The molecule has 2 aromatic rings. The number of ether oxygens (including phenoxy) is 3. The Bertz CT molecular complexity index is 1070. The first kappa shape index (κ1) is 24.1. The lowest BCUT2D eigenvalue weighted by atomic mass is 10.1. The largest absolute Gasteiger partial charge is 0.493 e. The molecule has 0 spiro atoms. The highest BCUT2D eigenvalue weighted by Crippen LogP contribution is 2.30. The van der Waals surface area contributed by atoms with Gasteiger partial charge in [-0.25, -0.2) is 8.42 Å². The van der Waals surface area contributed by atoms with Gasteiger partial charge in [0.15, 0.2) is 21.3 Å². The molecule has 31 heavy (non-hydrogen) atoms. The van der Waals surface area contributed by atoms with Crippen LogP contribution in [0.2, 0.25) is 0 Å². The van der Waals surface area contributed by atoms with Crippen LogP contribution in [0.25, 0.3) is 0 Å². The SMILES string of the molecule is COCCOc1ccc(C(C)NC(=O)c2cc([N+](=O)[O-])cc(S(C)(=O)=O)c2)cc1OC. The Morgan fingerprint density at radius 3 is 2.42 bits per heavy atom. The Hall–Kier alpha value is -3.18. The molecule has 0 aromatic heterocycles. The van der Waals surface area contributed by atoms with E-state index in [1.807, 2.05) is 0 Å². The molecule has 0 fully saturated rings. The van der Waals surface area contributed by atoms with Crippen LogP contribution in [0.15, 0.2) is 41.3 Å². The van der Waals surface area contributed by atoms with Gasteiger partial charge in [0.05, 0.1) is 29.6 Å². The molecule has 0 bridgehead atoms. The highest BCUT2D eigenvalue weighted by atomic mass is 32.2. The molecule has 0 heterocycles. The number of benzene rings is 2. The van der Waals surface area contributed by atoms with E-state index in [2.05, 4.69) is 5.32 Å². The lowest BCUT2D eigenvalue weighted by Gasteiger charge is -2.17. The van der Waals surface area contributed by atoms with Crippen molar-refractivity contribution in [3.8, 4) is 11.5 Å². The molecule has 1 unspecified atom stereocenters. The Kier molecular flexibility index (Phi) is 7.95. The van der Waals surface area contributed by atoms with E-state index in [9.17, 15) is 23.3 Å². The van der Waals surface area contributed by atoms with Crippen molar-refractivity contribution in [2.45, 2.75) is 17.9 Å². The number of sulfone groups is 1. The van der Waals surface area contributed by atoms with Crippen molar-refractivity contribution < 1.29 is 32.3 Å². The average molecular weight is 452 g/mol. The van der Waals surface area contributed by atoms with Gasteiger partial charge in [-0.1, -0.05) is 6.07 Å². The summed E-state index contributed by atoms with van der Waals surface area (Å²) < 4.78 is 39.5. The molecule has 1 N–H and O–H groups in total. The molecule has 10 nitrogen and oxygen atoms in total. The molecule has 0 aliphatic carbocycles. The number of nitro benzene ring substituents is 1. The number of hydrogen-bond donors (Lipinski definition) is 1. The summed E-state index contributed by atoms with van der Waals surface area (Å²) in [5.41, 5.74) is 0.0750. The maximum absolute atomic E-state index is 12.7. The predicted octanol–water partition coefficient (Wildman–Crippen LogP) is 2.52. The van der Waals surface area contributed by atoms with Crippen molar-refractivity contribution in [2.24, 2.45) is 0 Å². The molecule has 2 aromatic carbocycles. The molecule has 0 radical (unpaired) electrons. The molecule has 0 saturated carbocycles. The van der Waals surface area contributed by atoms with Gasteiger partial charge < -0.3 is 19.5 Å². The summed E-state index contributed by atoms with van der Waals surface area (Å²) in [6.45, 7) is 2.47. The summed E-state index contributed by atoms with van der Waals surface area (Å²) in [7, 11) is -0.692. The monoisotopic (exact) mass is 452 g/mol. The molecule has 0 aliphatic rings. The second kappa shape index (κ2) is 10.2. The van der Waals surface area contributed by atoms with E-state index in [0.717, 1.165) is 24.5 Å². The Labute approximate surface area is 180 Å². The third kappa shape index (κ3) is 6.40. The van der Waals surface area contributed by atoms with Crippen molar-refractivity contribution in [3.05, 3.63) is 57.6 Å². The van der Waals surface area contributed by atoms with Gasteiger partial charge in [-0.15, -0.1) is 0 Å². The molecule has 168 valence electrons. The third-order valence-electron chi connectivity index (χ3n) is 4.37. The van der Waals surface area contributed by atoms with Gasteiger partial charge in [0.1, 0.15) is 6.61 Å². The summed E-state index contributed by atoms with van der Waals surface area (Å²) in [6, 6.07) is 7.69. The molecular weight excluding hydrogens is 428 g/mol. The number of rotatable bonds is 10. The number of nitro groups is 1. The zero-order valence-electron chi connectivity index (χ0n) is 17.6. The maximum atomic E-state index is 12.7. The average Bonchev–Trinajstić information content (AvgIpc) is 2.72. The second-order valence-electron chi connectivity index (χ2n) is 6.69. The van der Waals surface area contributed by atoms with E-state index in [0.29, 0.717) is 30.3 Å². The van der Waals surface area contributed by atoms with E-state index in [4.69, 9.17) is 14.2 Å². The number of amides is 1. The van der Waals surface area contributed by atoms with Crippen LogP contribution in [0.1, 0.15) is 28.9 Å². The molecule has 0 aliphatic heterocycles. The molecule has 11 heteroatoms. The summed E-state index contributed by atoms with van der Waals surface area (Å²) in [6.07, 6.45) is 0.916. The van der Waals surface area contributed by atoms with Crippen LogP contribution in [0.3, 0.4) is 0 Å². The van der Waals surface area contributed by atoms with Gasteiger partial charge in [0.2, 0.25) is 0 Å². The standard InChI is InChI=1S/C20H24N2O8S/c1-13(14-5-6-18(19(11-14)29-3)30-8-7-28-2)21-20(23)15-9-16(22(24)25)12-17(10-15)31(4,26)27/h5-6,9-13H,7-8H2,1-4H3,(H,21,23). The van der Waals surface area contributed by atoms with Crippen molar-refractivity contribution >= 4 is 21.4 Å². The van der Waals surface area contributed by atoms with Gasteiger partial charge in [0.25, 0.3) is 11.6 Å². The number of carbonyl (C=O) groups is 1. The van der Waals surface area contributed by atoms with Gasteiger partial charge in [-0.2, -0.15) is 0 Å². The van der Waals surface area contributed by atoms with Crippen LogP contribution in [0, 0.1) is 10.1 Å². The van der Waals surface area contributed by atoms with Crippen molar-refractivity contribution in [1.82, 2.24) is 5.32 Å². The Morgan fingerprint density at radius 2 is 1.84 bits per heavy atom. The first-order valence-corrected chi connectivity index (χ1v) is 11.1. The van der Waals surface area contributed by atoms with Gasteiger partial charge in [0, 0.05) is 31.1 Å². The summed E-state index contributed by atoms with van der Waals surface area (Å²) in [5, 5.41) is 13.8. The number of hydrogen-bond acceptors (Lipinski definition) is 8. The fourth-order valence-corrected chi connectivity index (χ4v) is 3.38. The predicted molar refractivity (Wildman–Crippen MR) is 112 cm³/mol. The minimum atomic E-state index is -3.74. The lowest BCUT2D eigenvalue weighted by molar-refractivity contribution is -0.385. The van der Waals surface area contributed by atoms with Crippen LogP contribution in [0.4, 0.5) is 5.69 Å². The second-order valence-corrected chi connectivity index (χ2v) is 8.71. The fourth-order valence-electron chi connectivity index (χ4n) is 2.70. The third-order valence-corrected chi connectivity index (χ3v) is 5.46. The summed E-state index contributed by atoms with van der Waals surface area (Å²) in [5.74, 6) is 0.322. The first-order valence-electron chi connectivity index (χ1n) is 9.17. The minimum Gasteiger partial charge on any atom is -0.493 e. The maximum Gasteiger partial charge on any atom is 0.271 e. The fraction of sp³-hybridized carbons (Fsp3) is 0.350. The van der Waals surface area contributed by atoms with Crippen molar-refractivity contribution in [3.63, 3.8) is 0 Å². The highest BCUT2D eigenvalue weighted by Gasteiger charge is 2.21. The number of nitrogens with zero attached hydrogens (tertiary/aromatic N) is 1. The zero-order chi connectivity index (χ0) is 23.2. The Morgan fingerprint density at radius 1 is 1.13 bits per heavy atom. The van der Waals surface area contributed by atoms with Crippen LogP contribution >= 0.6 is 0 Å². The van der Waals surface area contributed by atoms with E-state index in [1.54, 1.807) is 32.2 Å². The molecular formula is C20H24N2O8S. The normalized spacial score (nSPS) is 12.1. The van der Waals surface area contributed by atoms with E-state index >= 15 is 0 Å². The first-order chi connectivity index (χ1) is 14.6. The molecule has 0 saturated heterocycles. The van der Waals surface area contributed by atoms with Crippen LogP contribution in [-0.4, -0.2) is 52.9 Å². The van der Waals surface area contributed by atoms with E-state index in [1.165, 1.54) is 7.11 Å². The number of carbonyl (C=O) groups excluding carboxylic acids is 1. The summed E-state index contributed by atoms with van der Waals surface area (Å²) in [4.78, 5) is 22.8. The highest BCUT2D eigenvalue weighted by molar-refractivity contribution is 7.90. The van der Waals surface area contributed by atoms with Gasteiger partial charge in [-0.3, -0.25) is 14.9 Å². The number of nitrogens with one attached hydrogen (secondary N) is 1. The molecule has 1 amide bonds. The number of methoxy groups -OCH3 is 2. The van der Waals surface area contributed by atoms with Crippen LogP contribution in [-0.2, 0) is 14.6 Å². The van der Waals surface area contributed by atoms with Gasteiger partial charge >= 0.3 is 0 Å². The zero-order valence-corrected chi connectivity index (χ0v) is 18.4. The lowest BCUT2D eigenvalue weighted by Crippen LogP contribution is -2.27. The number of non-ortho nitro benzene ring substituents is 1. The molecule has 2 rings (SSSR count). The van der Waals surface area contributed by atoms with Crippen molar-refractivity contribution in [1.29, 1.82) is 0 Å². The van der Waals surface area contributed by atoms with Crippen LogP contribution in [0.5, 0.6) is 11.5 Å². The van der Waals surface area contributed by atoms with E-state index < -0.39 is 32.4 Å². The minimum absolute atomic E-state index is 0.132. The van der Waals surface area contributed by atoms with Gasteiger partial charge in [-0.05, 0) is 30.7 Å². The van der Waals surface area contributed by atoms with E-state index in [-0.39, 0.29) is 10.5 Å².